The highest BCUT2D eigenvalue weighted by atomic mass is 32.5. The van der Waals surface area contributed by atoms with Gasteiger partial charge in [0.25, 0.3) is 11.1 Å². The van der Waals surface area contributed by atoms with Gasteiger partial charge < -0.3 is 32.5 Å². The molecular formula is C44H46N5O12PS. The lowest BCUT2D eigenvalue weighted by Gasteiger charge is -2.37. The largest absolute Gasteiger partial charge is 0.460 e. The van der Waals surface area contributed by atoms with Crippen molar-refractivity contribution >= 4 is 24.5 Å². The highest BCUT2D eigenvalue weighted by Gasteiger charge is 2.46. The first-order valence-corrected chi connectivity index (χ1v) is 22.7. The molecule has 3 aromatic carbocycles. The molecule has 63 heavy (non-hydrogen) atoms. The first kappa shape index (κ1) is 45.4. The fourth-order valence-corrected chi connectivity index (χ4v) is 9.83. The van der Waals surface area contributed by atoms with Crippen LogP contribution in [-0.4, -0.2) is 69.3 Å². The van der Waals surface area contributed by atoms with Gasteiger partial charge in [0.1, 0.15) is 36.4 Å². The molecule has 7 rings (SSSR count). The number of aromatic amines is 2. The minimum absolute atomic E-state index is 0.0182. The minimum Gasteiger partial charge on any atom is -0.460 e. The summed E-state index contributed by atoms with van der Waals surface area (Å²) in [5.41, 5.74) is -0.670. The molecule has 2 aliphatic rings. The number of aromatic nitrogens is 4. The molecule has 19 heteroatoms. The second-order valence-corrected chi connectivity index (χ2v) is 18.0. The van der Waals surface area contributed by atoms with Crippen molar-refractivity contribution in [3.8, 4) is 6.07 Å². The molecule has 2 aromatic heterocycles. The number of ether oxygens (including phenoxy) is 4. The molecule has 0 saturated carbocycles. The van der Waals surface area contributed by atoms with Crippen molar-refractivity contribution in [3.05, 3.63) is 173 Å². The zero-order chi connectivity index (χ0) is 44.7. The topological polar surface area (TPSA) is 215 Å². The number of aryl methyl sites for hydroxylation is 2. The lowest BCUT2D eigenvalue weighted by Crippen LogP contribution is -2.38. The molecule has 5 aromatic rings. The summed E-state index contributed by atoms with van der Waals surface area (Å²) in [4.78, 5) is 67.3. The van der Waals surface area contributed by atoms with Crippen molar-refractivity contribution in [2.24, 2.45) is 0 Å². The number of nitrogens with one attached hydrogen (secondary N) is 2. The first-order valence-electron chi connectivity index (χ1n) is 20.2. The summed E-state index contributed by atoms with van der Waals surface area (Å²) >= 11 is 6.01. The third-order valence-electron chi connectivity index (χ3n) is 10.7. The van der Waals surface area contributed by atoms with E-state index < -0.39 is 77.7 Å². The Labute approximate surface area is 366 Å². The molecule has 0 radical (unpaired) electrons. The number of nitriles is 1. The van der Waals surface area contributed by atoms with Crippen molar-refractivity contribution < 1.29 is 37.3 Å². The fraction of sp³-hybridized carbons (Fsp3) is 0.364. The Bertz CT molecular complexity index is 2630. The summed E-state index contributed by atoms with van der Waals surface area (Å²) in [5.74, 6) is -0.609. The Morgan fingerprint density at radius 2 is 1.22 bits per heavy atom. The monoisotopic (exact) mass is 899 g/mol. The van der Waals surface area contributed by atoms with Crippen LogP contribution in [0.5, 0.6) is 0 Å². The van der Waals surface area contributed by atoms with Crippen LogP contribution in [0.2, 0.25) is 0 Å². The summed E-state index contributed by atoms with van der Waals surface area (Å²) in [6.07, 6.45) is -2.97. The maximum absolute atomic E-state index is 13.2. The van der Waals surface area contributed by atoms with E-state index in [0.29, 0.717) is 0 Å². The van der Waals surface area contributed by atoms with Gasteiger partial charge in [-0.15, -0.1) is 0 Å². The van der Waals surface area contributed by atoms with Gasteiger partial charge >= 0.3 is 24.1 Å². The van der Waals surface area contributed by atoms with Gasteiger partial charge in [0.15, 0.2) is 0 Å². The lowest BCUT2D eigenvalue weighted by atomic mass is 9.80. The summed E-state index contributed by atoms with van der Waals surface area (Å²) < 4.78 is 47.0. The number of rotatable bonds is 17. The van der Waals surface area contributed by atoms with Crippen LogP contribution in [-0.2, 0) is 54.7 Å². The van der Waals surface area contributed by atoms with E-state index in [2.05, 4.69) is 9.97 Å². The van der Waals surface area contributed by atoms with Crippen molar-refractivity contribution in [3.63, 3.8) is 0 Å². The number of carbonyl (C=O) groups excluding carboxylic acids is 1. The Hall–Kier alpha value is -5.61. The number of esters is 1. The number of hydrogen-bond donors (Lipinski definition) is 2. The molecule has 330 valence electrons. The maximum atomic E-state index is 13.2. The van der Waals surface area contributed by atoms with Gasteiger partial charge in [-0.3, -0.25) is 33.5 Å². The fourth-order valence-electron chi connectivity index (χ4n) is 7.70. The number of carbonyl (C=O) groups is 1. The number of hydrogen-bond acceptors (Lipinski definition) is 14. The molecule has 2 saturated heterocycles. The summed E-state index contributed by atoms with van der Waals surface area (Å²) in [6.45, 7) is -0.187. The van der Waals surface area contributed by atoms with Crippen LogP contribution in [0.3, 0.4) is 0 Å². The van der Waals surface area contributed by atoms with Crippen LogP contribution >= 0.6 is 6.72 Å². The van der Waals surface area contributed by atoms with Crippen molar-refractivity contribution in [1.29, 1.82) is 5.26 Å². The smallest absolute Gasteiger partial charge is 0.330 e. The van der Waals surface area contributed by atoms with E-state index in [0.717, 1.165) is 16.7 Å². The molecule has 0 spiro atoms. The van der Waals surface area contributed by atoms with Crippen LogP contribution < -0.4 is 22.5 Å². The van der Waals surface area contributed by atoms with E-state index in [-0.39, 0.29) is 50.2 Å². The van der Waals surface area contributed by atoms with E-state index in [4.69, 9.17) is 44.3 Å². The molecule has 2 N–H and O–H groups in total. The molecule has 17 nitrogen and oxygen atoms in total. The summed E-state index contributed by atoms with van der Waals surface area (Å²) in [5, 5.41) is 9.42. The standard InChI is InChI=1S/C44H46N5O12PS/c1-28-24-48(42(53)46-40(28)51)38-22-34(58-30(3)50)37(60-38)27-57-62(63,56-21-13-20-45)61-35-23-39(49-25-29(2)41(52)47-43(49)54)59-36(35)26-55-44(31-14-7-4-8-15-31,32-16-9-5-10-17-32)33-18-11-6-12-19-33/h4-12,14-19,24-25,34-39H,13,21-23,26-27H2,1-3H3,(H,46,51,53)(H,47,52,54)/t34-,35+,36+,37+,38+,39+,62-/m0/s1. The molecule has 2 fully saturated rings. The quantitative estimate of drug-likeness (QED) is 0.0557. The molecule has 0 amide bonds. The average molecular weight is 900 g/mol. The van der Waals surface area contributed by atoms with E-state index in [9.17, 15) is 29.2 Å². The van der Waals surface area contributed by atoms with Crippen LogP contribution in [0.25, 0.3) is 0 Å². The van der Waals surface area contributed by atoms with Gasteiger partial charge in [-0.1, -0.05) is 91.0 Å². The van der Waals surface area contributed by atoms with Crippen LogP contribution in [0.15, 0.2) is 123 Å². The van der Waals surface area contributed by atoms with Gasteiger partial charge in [-0.2, -0.15) is 5.26 Å². The Morgan fingerprint density at radius 1 is 0.762 bits per heavy atom. The van der Waals surface area contributed by atoms with E-state index in [1.807, 2.05) is 97.1 Å². The predicted molar refractivity (Wildman–Crippen MR) is 231 cm³/mol. The SMILES string of the molecule is CC(=O)O[C@H]1C[C@H](n2cc(C)c(=O)[nH]c2=O)O[C@@H]1CO[P@@](=S)(OCCC#N)O[C@@H]1C[C@H](n2cc(C)c(=O)[nH]c2=O)O[C@@H]1COC(c1ccccc1)(c1ccccc1)c1ccccc1. The number of benzene rings is 3. The summed E-state index contributed by atoms with van der Waals surface area (Å²) in [7, 11) is 0. The molecular weight excluding hydrogens is 854 g/mol. The lowest BCUT2D eigenvalue weighted by molar-refractivity contribution is -0.150. The van der Waals surface area contributed by atoms with Gasteiger partial charge in [-0.05, 0) is 42.3 Å². The maximum Gasteiger partial charge on any atom is 0.330 e. The highest BCUT2D eigenvalue weighted by Crippen LogP contribution is 2.54. The van der Waals surface area contributed by atoms with Gasteiger partial charge in [0, 0.05) is 43.3 Å². The Balaban J connectivity index is 1.22. The van der Waals surface area contributed by atoms with E-state index in [1.165, 1.54) is 35.4 Å². The van der Waals surface area contributed by atoms with Gasteiger partial charge in [0.05, 0.1) is 38.4 Å². The molecule has 7 atom stereocenters. The summed E-state index contributed by atoms with van der Waals surface area (Å²) in [6, 6.07) is 31.1. The molecule has 4 heterocycles. The van der Waals surface area contributed by atoms with Gasteiger partial charge in [-0.25, -0.2) is 9.59 Å². The number of nitrogens with zero attached hydrogens (tertiary/aromatic N) is 3. The Morgan fingerprint density at radius 3 is 1.68 bits per heavy atom. The Kier molecular flexibility index (Phi) is 14.3. The minimum atomic E-state index is -3.89. The van der Waals surface area contributed by atoms with Crippen LogP contribution in [0.1, 0.15) is 66.5 Å². The normalized spacial score (nSPS) is 22.0. The number of H-pyrrole nitrogens is 2. The van der Waals surface area contributed by atoms with E-state index >= 15 is 0 Å². The first-order chi connectivity index (χ1) is 30.3. The molecule has 0 bridgehead atoms. The van der Waals surface area contributed by atoms with Crippen molar-refractivity contribution in [2.45, 2.75) is 82.5 Å². The zero-order valence-electron chi connectivity index (χ0n) is 34.6. The van der Waals surface area contributed by atoms with Crippen LogP contribution in [0, 0.1) is 25.2 Å². The predicted octanol–water partition coefficient (Wildman–Crippen LogP) is 4.78. The van der Waals surface area contributed by atoms with E-state index in [1.54, 1.807) is 6.92 Å². The van der Waals surface area contributed by atoms with Crippen molar-refractivity contribution in [2.75, 3.05) is 19.8 Å². The van der Waals surface area contributed by atoms with Crippen LogP contribution in [0.4, 0.5) is 0 Å². The second kappa shape index (κ2) is 19.8. The van der Waals surface area contributed by atoms with Gasteiger partial charge in [0.2, 0.25) is 0 Å². The zero-order valence-corrected chi connectivity index (χ0v) is 36.3. The molecule has 0 unspecified atom stereocenters. The third kappa shape index (κ3) is 10.3. The second-order valence-electron chi connectivity index (χ2n) is 15.1. The highest BCUT2D eigenvalue weighted by molar-refractivity contribution is 8.07. The molecule has 2 aliphatic heterocycles. The third-order valence-corrected chi connectivity index (χ3v) is 13.1. The van der Waals surface area contributed by atoms with Crippen molar-refractivity contribution in [1.82, 2.24) is 19.1 Å². The average Bonchev–Trinajstić information content (AvgIpc) is 3.86. The molecule has 0 aliphatic carbocycles.